The molecule has 1 saturated carbocycles. The summed E-state index contributed by atoms with van der Waals surface area (Å²) in [6, 6.07) is 6.02. The number of methoxy groups -OCH3 is 1. The smallest absolute Gasteiger partial charge is 0.465 e. The number of hydrogen-bond donors (Lipinski definition) is 1. The van der Waals surface area contributed by atoms with E-state index in [1.165, 1.54) is 7.11 Å². The molecular formula is C17H24BNO4. The molecule has 0 atom stereocenters. The molecule has 0 unspecified atom stereocenters. The van der Waals surface area contributed by atoms with E-state index in [9.17, 15) is 4.79 Å². The maximum Gasteiger partial charge on any atom is 0.494 e. The predicted octanol–water partition coefficient (Wildman–Crippen LogP) is 2.35. The van der Waals surface area contributed by atoms with Crippen LogP contribution in [-0.4, -0.2) is 37.4 Å². The van der Waals surface area contributed by atoms with Gasteiger partial charge in [-0.25, -0.2) is 4.79 Å². The topological polar surface area (TPSA) is 56.8 Å². The summed E-state index contributed by atoms with van der Waals surface area (Å²) in [5.41, 5.74) is 1.46. The van der Waals surface area contributed by atoms with E-state index >= 15 is 0 Å². The van der Waals surface area contributed by atoms with Crippen LogP contribution in [0.2, 0.25) is 0 Å². The molecule has 3 rings (SSSR count). The molecular weight excluding hydrogens is 293 g/mol. The van der Waals surface area contributed by atoms with Crippen molar-refractivity contribution in [3.05, 3.63) is 23.8 Å². The molecule has 2 fully saturated rings. The van der Waals surface area contributed by atoms with E-state index < -0.39 is 7.12 Å². The van der Waals surface area contributed by atoms with Crippen molar-refractivity contribution in [3.63, 3.8) is 0 Å². The molecule has 0 amide bonds. The van der Waals surface area contributed by atoms with Crippen LogP contribution in [0, 0.1) is 0 Å². The average Bonchev–Trinajstić information content (AvgIpc) is 3.25. The summed E-state index contributed by atoms with van der Waals surface area (Å²) in [4.78, 5) is 12.0. The molecule has 1 aromatic rings. The second-order valence-electron chi connectivity index (χ2n) is 7.30. The lowest BCUT2D eigenvalue weighted by atomic mass is 9.78. The van der Waals surface area contributed by atoms with Gasteiger partial charge in [0.2, 0.25) is 0 Å². The summed E-state index contributed by atoms with van der Waals surface area (Å²) in [7, 11) is 0.956. The third kappa shape index (κ3) is 3.10. The Kier molecular flexibility index (Phi) is 3.93. The Balaban J connectivity index is 1.90. The first-order valence-electron chi connectivity index (χ1n) is 8.08. The minimum absolute atomic E-state index is 0.339. The van der Waals surface area contributed by atoms with Crippen LogP contribution in [0.5, 0.6) is 0 Å². The van der Waals surface area contributed by atoms with Gasteiger partial charge in [-0.1, -0.05) is 6.07 Å². The predicted molar refractivity (Wildman–Crippen MR) is 90.1 cm³/mol. The van der Waals surface area contributed by atoms with Crippen LogP contribution in [0.15, 0.2) is 18.2 Å². The molecule has 1 aromatic carbocycles. The van der Waals surface area contributed by atoms with E-state index in [0.717, 1.165) is 24.0 Å². The quantitative estimate of drug-likeness (QED) is 0.682. The molecule has 1 heterocycles. The van der Waals surface area contributed by atoms with Crippen LogP contribution >= 0.6 is 0 Å². The number of rotatable bonds is 4. The van der Waals surface area contributed by atoms with E-state index in [0.29, 0.717) is 11.6 Å². The number of ether oxygens (including phenoxy) is 1. The molecule has 6 heteroatoms. The van der Waals surface area contributed by atoms with E-state index in [4.69, 9.17) is 14.0 Å². The summed E-state index contributed by atoms with van der Waals surface area (Å²) in [5, 5.41) is 3.39. The summed E-state index contributed by atoms with van der Waals surface area (Å²) >= 11 is 0. The number of benzene rings is 1. The van der Waals surface area contributed by atoms with Gasteiger partial charge in [-0.15, -0.1) is 0 Å². The van der Waals surface area contributed by atoms with Crippen molar-refractivity contribution in [2.24, 2.45) is 0 Å². The van der Waals surface area contributed by atoms with E-state index in [1.807, 2.05) is 39.8 Å². The van der Waals surface area contributed by atoms with Crippen LogP contribution < -0.4 is 10.8 Å². The van der Waals surface area contributed by atoms with Crippen molar-refractivity contribution in [2.45, 2.75) is 57.8 Å². The number of carbonyl (C=O) groups is 1. The Hall–Kier alpha value is -1.53. The number of nitrogens with one attached hydrogen (secondary N) is 1. The van der Waals surface area contributed by atoms with Crippen molar-refractivity contribution >= 4 is 24.2 Å². The molecule has 1 aliphatic heterocycles. The zero-order valence-corrected chi connectivity index (χ0v) is 14.4. The summed E-state index contributed by atoms with van der Waals surface area (Å²) in [6.07, 6.45) is 2.25. The molecule has 23 heavy (non-hydrogen) atoms. The number of esters is 1. The van der Waals surface area contributed by atoms with Gasteiger partial charge in [-0.2, -0.15) is 0 Å². The van der Waals surface area contributed by atoms with E-state index in [2.05, 4.69) is 5.32 Å². The van der Waals surface area contributed by atoms with Crippen molar-refractivity contribution < 1.29 is 18.8 Å². The van der Waals surface area contributed by atoms with Crippen molar-refractivity contribution in [1.82, 2.24) is 0 Å². The van der Waals surface area contributed by atoms with Crippen LogP contribution in [0.4, 0.5) is 5.69 Å². The molecule has 0 radical (unpaired) electrons. The highest BCUT2D eigenvalue weighted by Gasteiger charge is 2.51. The maximum atomic E-state index is 12.0. The van der Waals surface area contributed by atoms with Crippen LogP contribution in [0.3, 0.4) is 0 Å². The second kappa shape index (κ2) is 5.53. The highest BCUT2D eigenvalue weighted by Crippen LogP contribution is 2.37. The fourth-order valence-electron chi connectivity index (χ4n) is 2.54. The highest BCUT2D eigenvalue weighted by molar-refractivity contribution is 6.62. The number of carbonyl (C=O) groups excluding carboxylic acids is 1. The zero-order chi connectivity index (χ0) is 16.8. The SMILES string of the molecule is COC(=O)c1ccc(B2OC(C)(C)C(C)(C)O2)cc1NC1CC1. The molecule has 0 spiro atoms. The molecule has 2 aliphatic rings. The van der Waals surface area contributed by atoms with E-state index in [1.54, 1.807) is 6.07 Å². The average molecular weight is 317 g/mol. The third-order valence-electron chi connectivity index (χ3n) is 4.91. The third-order valence-corrected chi connectivity index (χ3v) is 4.91. The lowest BCUT2D eigenvalue weighted by molar-refractivity contribution is 0.00578. The van der Waals surface area contributed by atoms with Crippen molar-refractivity contribution in [1.29, 1.82) is 0 Å². The first-order valence-corrected chi connectivity index (χ1v) is 8.08. The van der Waals surface area contributed by atoms with Gasteiger partial charge in [0.05, 0.1) is 23.9 Å². The van der Waals surface area contributed by atoms with Gasteiger partial charge >= 0.3 is 13.1 Å². The first-order chi connectivity index (χ1) is 10.7. The lowest BCUT2D eigenvalue weighted by Crippen LogP contribution is -2.41. The van der Waals surface area contributed by atoms with Gasteiger partial charge in [0, 0.05) is 11.7 Å². The molecule has 5 nitrogen and oxygen atoms in total. The maximum absolute atomic E-state index is 12.0. The second-order valence-corrected chi connectivity index (χ2v) is 7.30. The molecule has 1 aliphatic carbocycles. The van der Waals surface area contributed by atoms with E-state index in [-0.39, 0.29) is 17.2 Å². The van der Waals surface area contributed by atoms with Gasteiger partial charge < -0.3 is 19.4 Å². The summed E-state index contributed by atoms with van der Waals surface area (Å²) in [6.45, 7) is 8.11. The summed E-state index contributed by atoms with van der Waals surface area (Å²) in [5.74, 6) is -0.339. The monoisotopic (exact) mass is 317 g/mol. The largest absolute Gasteiger partial charge is 0.494 e. The Morgan fingerprint density at radius 3 is 2.35 bits per heavy atom. The van der Waals surface area contributed by atoms with Gasteiger partial charge in [-0.05, 0) is 58.1 Å². The Morgan fingerprint density at radius 2 is 1.83 bits per heavy atom. The highest BCUT2D eigenvalue weighted by atomic mass is 16.7. The first kappa shape index (κ1) is 16.3. The normalized spacial score (nSPS) is 22.0. The molecule has 1 saturated heterocycles. The minimum atomic E-state index is -0.438. The fourth-order valence-corrected chi connectivity index (χ4v) is 2.54. The molecule has 1 N–H and O–H groups in total. The Labute approximate surface area is 137 Å². The molecule has 124 valence electrons. The lowest BCUT2D eigenvalue weighted by Gasteiger charge is -2.32. The standard InChI is InChI=1S/C17H24BNO4/c1-16(2)17(3,4)23-18(22-16)11-6-9-13(15(20)21-5)14(10-11)19-12-7-8-12/h6,9-10,12,19H,7-8H2,1-5H3. The van der Waals surface area contributed by atoms with Gasteiger partial charge in [0.25, 0.3) is 0 Å². The zero-order valence-electron chi connectivity index (χ0n) is 14.4. The van der Waals surface area contributed by atoms with Crippen LogP contribution in [0.1, 0.15) is 50.9 Å². The summed E-state index contributed by atoms with van der Waals surface area (Å²) < 4.78 is 17.0. The minimum Gasteiger partial charge on any atom is -0.465 e. The van der Waals surface area contributed by atoms with Gasteiger partial charge in [0.1, 0.15) is 0 Å². The molecule has 0 aromatic heterocycles. The van der Waals surface area contributed by atoms with Crippen LogP contribution in [0.25, 0.3) is 0 Å². The van der Waals surface area contributed by atoms with Crippen molar-refractivity contribution in [2.75, 3.05) is 12.4 Å². The Bertz CT molecular complexity index is 609. The number of anilines is 1. The van der Waals surface area contributed by atoms with Crippen LogP contribution in [-0.2, 0) is 14.0 Å². The molecule has 0 bridgehead atoms. The fraction of sp³-hybridized carbons (Fsp3) is 0.588. The van der Waals surface area contributed by atoms with Gasteiger partial charge in [-0.3, -0.25) is 0 Å². The number of hydrogen-bond acceptors (Lipinski definition) is 5. The van der Waals surface area contributed by atoms with Crippen molar-refractivity contribution in [3.8, 4) is 0 Å². The Morgan fingerprint density at radius 1 is 1.22 bits per heavy atom. The van der Waals surface area contributed by atoms with Gasteiger partial charge in [0.15, 0.2) is 0 Å².